The molecule has 0 unspecified atom stereocenters. The standard InChI is InChI=1S/C9H13N3OS/c1-3-14-9-7(8(10)12-13)5-4-6(2)11-9/h4-5,13H,3H2,1-2H3,(H2,10,12). The van der Waals surface area contributed by atoms with Gasteiger partial charge in [-0.15, -0.1) is 11.8 Å². The number of hydrogen-bond acceptors (Lipinski definition) is 4. The number of aromatic nitrogens is 1. The molecule has 0 radical (unpaired) electrons. The minimum Gasteiger partial charge on any atom is -0.409 e. The molecule has 0 bridgehead atoms. The third-order valence-corrected chi connectivity index (χ3v) is 2.54. The molecule has 0 aliphatic carbocycles. The zero-order valence-electron chi connectivity index (χ0n) is 8.19. The highest BCUT2D eigenvalue weighted by atomic mass is 32.2. The second-order valence-corrected chi connectivity index (χ2v) is 3.98. The Kier molecular flexibility index (Phi) is 3.76. The number of hydrogen-bond donors (Lipinski definition) is 2. The summed E-state index contributed by atoms with van der Waals surface area (Å²) in [5.41, 5.74) is 7.13. The molecule has 0 saturated heterocycles. The molecule has 0 amide bonds. The number of nitrogens with two attached hydrogens (primary N) is 1. The zero-order valence-corrected chi connectivity index (χ0v) is 9.01. The predicted molar refractivity (Wildman–Crippen MR) is 57.9 cm³/mol. The van der Waals surface area contributed by atoms with Crippen molar-refractivity contribution < 1.29 is 5.21 Å². The van der Waals surface area contributed by atoms with Crippen molar-refractivity contribution in [2.24, 2.45) is 10.9 Å². The SMILES string of the molecule is CCSc1nc(C)ccc1/C(N)=N/O. The van der Waals surface area contributed by atoms with E-state index in [-0.39, 0.29) is 5.84 Å². The van der Waals surface area contributed by atoms with Crippen LogP contribution in [0.5, 0.6) is 0 Å². The van der Waals surface area contributed by atoms with Crippen LogP contribution in [0.4, 0.5) is 0 Å². The minimum atomic E-state index is 0.105. The lowest BCUT2D eigenvalue weighted by molar-refractivity contribution is 0.318. The number of nitrogens with zero attached hydrogens (tertiary/aromatic N) is 2. The normalized spacial score (nSPS) is 11.7. The lowest BCUT2D eigenvalue weighted by Crippen LogP contribution is -2.15. The average molecular weight is 211 g/mol. The van der Waals surface area contributed by atoms with E-state index in [1.807, 2.05) is 26.0 Å². The molecule has 3 N–H and O–H groups in total. The average Bonchev–Trinajstić information content (AvgIpc) is 2.17. The van der Waals surface area contributed by atoms with Gasteiger partial charge in [0.15, 0.2) is 5.84 Å². The first-order chi connectivity index (χ1) is 6.69. The fourth-order valence-corrected chi connectivity index (χ4v) is 1.84. The summed E-state index contributed by atoms with van der Waals surface area (Å²) in [7, 11) is 0. The maximum absolute atomic E-state index is 8.58. The third kappa shape index (κ3) is 2.38. The van der Waals surface area contributed by atoms with Crippen molar-refractivity contribution in [1.82, 2.24) is 4.98 Å². The Labute approximate surface area is 87.2 Å². The summed E-state index contributed by atoms with van der Waals surface area (Å²) in [5, 5.41) is 12.4. The van der Waals surface area contributed by atoms with E-state index in [1.54, 1.807) is 11.8 Å². The Morgan fingerprint density at radius 3 is 2.93 bits per heavy atom. The summed E-state index contributed by atoms with van der Waals surface area (Å²) in [6.45, 7) is 3.94. The molecule has 1 aromatic heterocycles. The number of oxime groups is 1. The molecule has 0 aliphatic rings. The van der Waals surface area contributed by atoms with Crippen molar-refractivity contribution in [3.8, 4) is 0 Å². The van der Waals surface area contributed by atoms with Crippen LogP contribution < -0.4 is 5.73 Å². The van der Waals surface area contributed by atoms with Crippen molar-refractivity contribution in [3.63, 3.8) is 0 Å². The van der Waals surface area contributed by atoms with E-state index >= 15 is 0 Å². The van der Waals surface area contributed by atoms with E-state index < -0.39 is 0 Å². The monoisotopic (exact) mass is 211 g/mol. The molecule has 1 aromatic rings. The van der Waals surface area contributed by atoms with Crippen molar-refractivity contribution in [3.05, 3.63) is 23.4 Å². The molecule has 0 spiro atoms. The predicted octanol–water partition coefficient (Wildman–Crippen LogP) is 1.60. The van der Waals surface area contributed by atoms with Crippen LogP contribution >= 0.6 is 11.8 Å². The number of thioether (sulfide) groups is 1. The van der Waals surface area contributed by atoms with Crippen molar-refractivity contribution in [1.29, 1.82) is 0 Å². The zero-order chi connectivity index (χ0) is 10.6. The van der Waals surface area contributed by atoms with E-state index in [4.69, 9.17) is 10.9 Å². The quantitative estimate of drug-likeness (QED) is 0.262. The fourth-order valence-electron chi connectivity index (χ4n) is 1.03. The second kappa shape index (κ2) is 4.85. The summed E-state index contributed by atoms with van der Waals surface area (Å²) in [6, 6.07) is 3.66. The number of rotatable bonds is 3. The molecule has 5 heteroatoms. The van der Waals surface area contributed by atoms with Crippen LogP contribution in [0.2, 0.25) is 0 Å². The molecule has 1 rings (SSSR count). The van der Waals surface area contributed by atoms with Gasteiger partial charge in [0.2, 0.25) is 0 Å². The number of aryl methyl sites for hydroxylation is 1. The Morgan fingerprint density at radius 2 is 2.36 bits per heavy atom. The lowest BCUT2D eigenvalue weighted by Gasteiger charge is -2.06. The summed E-state index contributed by atoms with van der Waals surface area (Å²) < 4.78 is 0. The largest absolute Gasteiger partial charge is 0.409 e. The Balaban J connectivity index is 3.14. The Bertz CT molecular complexity index is 352. The topological polar surface area (TPSA) is 71.5 Å². The molecule has 14 heavy (non-hydrogen) atoms. The van der Waals surface area contributed by atoms with E-state index in [1.165, 1.54) is 0 Å². The van der Waals surface area contributed by atoms with Crippen LogP contribution in [0.3, 0.4) is 0 Å². The number of amidine groups is 1. The molecule has 0 aliphatic heterocycles. The van der Waals surface area contributed by atoms with Crippen LogP contribution in [-0.2, 0) is 0 Å². The third-order valence-electron chi connectivity index (χ3n) is 1.66. The summed E-state index contributed by atoms with van der Waals surface area (Å²) >= 11 is 1.58. The molecular formula is C9H13N3OS. The lowest BCUT2D eigenvalue weighted by atomic mass is 10.2. The highest BCUT2D eigenvalue weighted by Gasteiger charge is 2.08. The van der Waals surface area contributed by atoms with Crippen LogP contribution in [0, 0.1) is 6.92 Å². The molecule has 0 atom stereocenters. The van der Waals surface area contributed by atoms with Gasteiger partial charge >= 0.3 is 0 Å². The van der Waals surface area contributed by atoms with Gasteiger partial charge in [-0.3, -0.25) is 0 Å². The maximum Gasteiger partial charge on any atom is 0.172 e. The Hall–Kier alpha value is -1.23. The van der Waals surface area contributed by atoms with Crippen LogP contribution in [0.25, 0.3) is 0 Å². The molecule has 4 nitrogen and oxygen atoms in total. The van der Waals surface area contributed by atoms with Crippen molar-refractivity contribution in [2.45, 2.75) is 18.9 Å². The van der Waals surface area contributed by atoms with E-state index in [9.17, 15) is 0 Å². The summed E-state index contributed by atoms with van der Waals surface area (Å²) in [6.07, 6.45) is 0. The first-order valence-corrected chi connectivity index (χ1v) is 5.26. The Morgan fingerprint density at radius 1 is 1.64 bits per heavy atom. The van der Waals surface area contributed by atoms with Crippen LogP contribution in [0.1, 0.15) is 18.2 Å². The van der Waals surface area contributed by atoms with Crippen LogP contribution in [-0.4, -0.2) is 21.8 Å². The van der Waals surface area contributed by atoms with Crippen molar-refractivity contribution >= 4 is 17.6 Å². The molecular weight excluding hydrogens is 198 g/mol. The van der Waals surface area contributed by atoms with Gasteiger partial charge in [-0.25, -0.2) is 4.98 Å². The van der Waals surface area contributed by atoms with Gasteiger partial charge in [0.25, 0.3) is 0 Å². The number of pyridine rings is 1. The van der Waals surface area contributed by atoms with Gasteiger partial charge in [-0.1, -0.05) is 12.1 Å². The highest BCUT2D eigenvalue weighted by molar-refractivity contribution is 7.99. The highest BCUT2D eigenvalue weighted by Crippen LogP contribution is 2.20. The van der Waals surface area contributed by atoms with Gasteiger partial charge in [0.1, 0.15) is 5.03 Å². The fraction of sp³-hybridized carbons (Fsp3) is 0.333. The minimum absolute atomic E-state index is 0.105. The molecule has 0 aromatic carbocycles. The molecule has 76 valence electrons. The van der Waals surface area contributed by atoms with Crippen LogP contribution in [0.15, 0.2) is 22.3 Å². The molecule has 0 fully saturated rings. The second-order valence-electron chi connectivity index (χ2n) is 2.72. The molecule has 1 heterocycles. The maximum atomic E-state index is 8.58. The van der Waals surface area contributed by atoms with Gasteiger partial charge in [-0.2, -0.15) is 0 Å². The smallest absolute Gasteiger partial charge is 0.172 e. The van der Waals surface area contributed by atoms with Gasteiger partial charge in [-0.05, 0) is 24.8 Å². The summed E-state index contributed by atoms with van der Waals surface area (Å²) in [4.78, 5) is 4.32. The van der Waals surface area contributed by atoms with Crippen molar-refractivity contribution in [2.75, 3.05) is 5.75 Å². The van der Waals surface area contributed by atoms with Gasteiger partial charge < -0.3 is 10.9 Å². The molecule has 0 saturated carbocycles. The first-order valence-electron chi connectivity index (χ1n) is 4.27. The van der Waals surface area contributed by atoms with E-state index in [0.29, 0.717) is 5.56 Å². The first kappa shape index (κ1) is 10.8. The van der Waals surface area contributed by atoms with E-state index in [2.05, 4.69) is 10.1 Å². The summed E-state index contributed by atoms with van der Waals surface area (Å²) in [5.74, 6) is 1.01. The van der Waals surface area contributed by atoms with Gasteiger partial charge in [0, 0.05) is 5.69 Å². The van der Waals surface area contributed by atoms with E-state index in [0.717, 1.165) is 16.5 Å². The van der Waals surface area contributed by atoms with Gasteiger partial charge in [0.05, 0.1) is 5.56 Å².